The summed E-state index contributed by atoms with van der Waals surface area (Å²) in [5, 5.41) is 5.44. The molecule has 3 aromatic rings. The van der Waals surface area contributed by atoms with Crippen LogP contribution in [0.3, 0.4) is 0 Å². The molecule has 1 saturated heterocycles. The first kappa shape index (κ1) is 22.6. The minimum atomic E-state index is -3.53. The number of benzene rings is 2. The zero-order valence-electron chi connectivity index (χ0n) is 18.5. The number of nitrogens with zero attached hydrogens (tertiary/aromatic N) is 2. The quantitative estimate of drug-likeness (QED) is 0.583. The zero-order valence-corrected chi connectivity index (χ0v) is 20.1. The van der Waals surface area contributed by atoms with E-state index in [2.05, 4.69) is 42.3 Å². The van der Waals surface area contributed by atoms with Crippen molar-refractivity contribution in [1.82, 2.24) is 9.29 Å². The maximum absolute atomic E-state index is 12.9. The minimum absolute atomic E-state index is 0.0982. The van der Waals surface area contributed by atoms with E-state index < -0.39 is 10.0 Å². The third-order valence-electron chi connectivity index (χ3n) is 5.88. The van der Waals surface area contributed by atoms with Crippen molar-refractivity contribution in [3.8, 4) is 11.3 Å². The molecule has 0 bridgehead atoms. The average Bonchev–Trinajstić information content (AvgIpc) is 3.22. The van der Waals surface area contributed by atoms with Crippen molar-refractivity contribution >= 4 is 32.4 Å². The molecule has 0 spiro atoms. The SMILES string of the molecule is Cc1ccc(S(=O)(=O)N2CCC(C(=O)Nc3nc(-c4ccc(C)cc4C)cs3)CC2)cc1. The largest absolute Gasteiger partial charge is 0.302 e. The fourth-order valence-electron chi connectivity index (χ4n) is 3.98. The summed E-state index contributed by atoms with van der Waals surface area (Å²) in [7, 11) is -3.53. The molecule has 2 aromatic carbocycles. The van der Waals surface area contributed by atoms with Crippen LogP contribution >= 0.6 is 11.3 Å². The molecule has 4 rings (SSSR count). The fourth-order valence-corrected chi connectivity index (χ4v) is 6.16. The molecule has 2 heterocycles. The Bertz CT molecular complexity index is 1230. The lowest BCUT2D eigenvalue weighted by Gasteiger charge is -2.30. The van der Waals surface area contributed by atoms with Crippen molar-refractivity contribution < 1.29 is 13.2 Å². The van der Waals surface area contributed by atoms with Gasteiger partial charge in [-0.3, -0.25) is 4.79 Å². The summed E-state index contributed by atoms with van der Waals surface area (Å²) in [4.78, 5) is 17.7. The molecule has 8 heteroatoms. The first-order chi connectivity index (χ1) is 15.2. The average molecular weight is 470 g/mol. The number of piperidine rings is 1. The van der Waals surface area contributed by atoms with Crippen molar-refractivity contribution in [2.75, 3.05) is 18.4 Å². The van der Waals surface area contributed by atoms with Crippen LogP contribution in [0.2, 0.25) is 0 Å². The number of carbonyl (C=O) groups is 1. The monoisotopic (exact) mass is 469 g/mol. The molecular formula is C24H27N3O3S2. The molecule has 168 valence electrons. The van der Waals surface area contributed by atoms with Gasteiger partial charge in [0, 0.05) is 30.0 Å². The molecule has 1 N–H and O–H groups in total. The Labute approximate surface area is 193 Å². The highest BCUT2D eigenvalue weighted by atomic mass is 32.2. The Morgan fingerprint density at radius 3 is 2.34 bits per heavy atom. The van der Waals surface area contributed by atoms with E-state index in [0.717, 1.165) is 22.4 Å². The van der Waals surface area contributed by atoms with E-state index in [0.29, 0.717) is 36.0 Å². The molecule has 1 aliphatic rings. The third-order valence-corrected chi connectivity index (χ3v) is 8.55. The number of carbonyl (C=O) groups excluding carboxylic acids is 1. The zero-order chi connectivity index (χ0) is 22.9. The van der Waals surface area contributed by atoms with E-state index in [1.54, 1.807) is 24.3 Å². The van der Waals surface area contributed by atoms with Gasteiger partial charge in [0.15, 0.2) is 5.13 Å². The molecule has 0 radical (unpaired) electrons. The van der Waals surface area contributed by atoms with Crippen LogP contribution in [0.15, 0.2) is 52.7 Å². The number of nitrogens with one attached hydrogen (secondary N) is 1. The predicted molar refractivity (Wildman–Crippen MR) is 128 cm³/mol. The third kappa shape index (κ3) is 4.77. The molecule has 1 fully saturated rings. The lowest BCUT2D eigenvalue weighted by molar-refractivity contribution is -0.120. The number of sulfonamides is 1. The van der Waals surface area contributed by atoms with Crippen molar-refractivity contribution in [2.24, 2.45) is 5.92 Å². The number of hydrogen-bond donors (Lipinski definition) is 1. The van der Waals surface area contributed by atoms with Gasteiger partial charge in [0.05, 0.1) is 10.6 Å². The highest BCUT2D eigenvalue weighted by molar-refractivity contribution is 7.89. The molecule has 1 aliphatic heterocycles. The molecule has 32 heavy (non-hydrogen) atoms. The summed E-state index contributed by atoms with van der Waals surface area (Å²) in [6.45, 7) is 6.70. The molecule has 0 aliphatic carbocycles. The van der Waals surface area contributed by atoms with Crippen LogP contribution in [-0.2, 0) is 14.8 Å². The van der Waals surface area contributed by atoms with Crippen LogP contribution < -0.4 is 5.32 Å². The first-order valence-corrected chi connectivity index (χ1v) is 13.0. The Morgan fingerprint density at radius 2 is 1.69 bits per heavy atom. The van der Waals surface area contributed by atoms with Crippen molar-refractivity contribution in [1.29, 1.82) is 0 Å². The van der Waals surface area contributed by atoms with Crippen molar-refractivity contribution in [2.45, 2.75) is 38.5 Å². The van der Waals surface area contributed by atoms with Gasteiger partial charge in [-0.05, 0) is 51.3 Å². The predicted octanol–water partition coefficient (Wildman–Crippen LogP) is 4.77. The summed E-state index contributed by atoms with van der Waals surface area (Å²) in [6, 6.07) is 13.1. The maximum atomic E-state index is 12.9. The smallest absolute Gasteiger partial charge is 0.243 e. The van der Waals surface area contributed by atoms with Gasteiger partial charge in [-0.15, -0.1) is 11.3 Å². The second-order valence-electron chi connectivity index (χ2n) is 8.34. The molecule has 0 atom stereocenters. The van der Waals surface area contributed by atoms with Crippen LogP contribution in [0, 0.1) is 26.7 Å². The standard InChI is InChI=1S/C24H27N3O3S2/c1-16-4-7-20(8-5-16)32(29,30)27-12-10-19(11-13-27)23(28)26-24-25-22(15-31-24)21-9-6-17(2)14-18(21)3/h4-9,14-15,19H,10-13H2,1-3H3,(H,25,26,28). The summed E-state index contributed by atoms with van der Waals surface area (Å²) in [5.74, 6) is -0.327. The number of anilines is 1. The minimum Gasteiger partial charge on any atom is -0.302 e. The van der Waals surface area contributed by atoms with E-state index in [9.17, 15) is 13.2 Å². The highest BCUT2D eigenvalue weighted by Gasteiger charge is 2.32. The van der Waals surface area contributed by atoms with Gasteiger partial charge in [0.1, 0.15) is 0 Å². The number of rotatable bonds is 5. The Balaban J connectivity index is 1.37. The van der Waals surface area contributed by atoms with Gasteiger partial charge >= 0.3 is 0 Å². The maximum Gasteiger partial charge on any atom is 0.243 e. The van der Waals surface area contributed by atoms with Gasteiger partial charge in [-0.25, -0.2) is 13.4 Å². The summed E-state index contributed by atoms with van der Waals surface area (Å²) < 4.78 is 27.2. The number of hydrogen-bond acceptors (Lipinski definition) is 5. The van der Waals surface area contributed by atoms with Gasteiger partial charge in [-0.2, -0.15) is 4.31 Å². The molecule has 1 amide bonds. The number of aromatic nitrogens is 1. The topological polar surface area (TPSA) is 79.4 Å². The molecule has 0 saturated carbocycles. The van der Waals surface area contributed by atoms with Gasteiger partial charge in [0.2, 0.25) is 15.9 Å². The van der Waals surface area contributed by atoms with Gasteiger partial charge in [0.25, 0.3) is 0 Å². The Morgan fingerprint density at radius 1 is 1.03 bits per heavy atom. The summed E-state index contributed by atoms with van der Waals surface area (Å²) in [6.07, 6.45) is 0.985. The van der Waals surface area contributed by atoms with E-state index in [1.807, 2.05) is 12.3 Å². The molecule has 1 aromatic heterocycles. The summed E-state index contributed by atoms with van der Waals surface area (Å²) in [5.41, 5.74) is 5.27. The number of thiazole rings is 1. The second-order valence-corrected chi connectivity index (χ2v) is 11.1. The van der Waals surface area contributed by atoms with Crippen LogP contribution in [0.5, 0.6) is 0 Å². The van der Waals surface area contributed by atoms with E-state index in [1.165, 1.54) is 21.2 Å². The Hall–Kier alpha value is -2.55. The fraction of sp³-hybridized carbons (Fsp3) is 0.333. The Kier molecular flexibility index (Phi) is 6.46. The van der Waals surface area contributed by atoms with E-state index in [4.69, 9.17) is 0 Å². The van der Waals surface area contributed by atoms with E-state index >= 15 is 0 Å². The van der Waals surface area contributed by atoms with Crippen molar-refractivity contribution in [3.05, 3.63) is 64.5 Å². The lowest BCUT2D eigenvalue weighted by Crippen LogP contribution is -2.41. The first-order valence-electron chi connectivity index (χ1n) is 10.6. The lowest BCUT2D eigenvalue weighted by atomic mass is 9.97. The molecular weight excluding hydrogens is 442 g/mol. The van der Waals surface area contributed by atoms with Crippen LogP contribution in [0.1, 0.15) is 29.5 Å². The summed E-state index contributed by atoms with van der Waals surface area (Å²) >= 11 is 1.40. The van der Waals surface area contributed by atoms with Crippen LogP contribution in [0.25, 0.3) is 11.3 Å². The number of aryl methyl sites for hydroxylation is 3. The highest BCUT2D eigenvalue weighted by Crippen LogP contribution is 2.29. The van der Waals surface area contributed by atoms with Gasteiger partial charge < -0.3 is 5.32 Å². The number of amides is 1. The van der Waals surface area contributed by atoms with Crippen LogP contribution in [0.4, 0.5) is 5.13 Å². The van der Waals surface area contributed by atoms with Crippen molar-refractivity contribution in [3.63, 3.8) is 0 Å². The second kappa shape index (κ2) is 9.13. The van der Waals surface area contributed by atoms with Gasteiger partial charge in [-0.1, -0.05) is 41.5 Å². The normalized spacial score (nSPS) is 15.6. The molecule has 0 unspecified atom stereocenters. The van der Waals surface area contributed by atoms with Crippen LogP contribution in [-0.4, -0.2) is 36.7 Å². The molecule has 6 nitrogen and oxygen atoms in total. The van der Waals surface area contributed by atoms with E-state index in [-0.39, 0.29) is 11.8 Å².